The van der Waals surface area contributed by atoms with Crippen LogP contribution in [-0.4, -0.2) is 49.1 Å². The molecule has 0 radical (unpaired) electrons. The van der Waals surface area contributed by atoms with Crippen LogP contribution in [-0.2, 0) is 19.1 Å². The summed E-state index contributed by atoms with van der Waals surface area (Å²) in [5, 5.41) is 3.17. The van der Waals surface area contributed by atoms with Gasteiger partial charge in [0.2, 0.25) is 0 Å². The average Bonchev–Trinajstić information content (AvgIpc) is 3.37. The number of methoxy groups -OCH3 is 2. The Hall–Kier alpha value is -3.28. The number of thiocarbonyl (C=S) groups is 1. The Morgan fingerprint density at radius 2 is 1.60 bits per heavy atom. The molecule has 40 heavy (non-hydrogen) atoms. The van der Waals surface area contributed by atoms with E-state index < -0.39 is 23.6 Å². The molecule has 3 aliphatic heterocycles. The quantitative estimate of drug-likeness (QED) is 0.271. The molecule has 0 saturated heterocycles. The summed E-state index contributed by atoms with van der Waals surface area (Å²) in [5.74, 6) is -0.994. The predicted octanol–water partition coefficient (Wildman–Crippen LogP) is 5.51. The van der Waals surface area contributed by atoms with Crippen LogP contribution in [0.25, 0.3) is 5.57 Å². The van der Waals surface area contributed by atoms with Crippen molar-refractivity contribution in [2.45, 2.75) is 39.4 Å². The number of rotatable bonds is 5. The van der Waals surface area contributed by atoms with Gasteiger partial charge in [0, 0.05) is 16.0 Å². The summed E-state index contributed by atoms with van der Waals surface area (Å²) < 4.78 is 16.4. The highest BCUT2D eigenvalue weighted by molar-refractivity contribution is 8.29. The highest BCUT2D eigenvalue weighted by atomic mass is 32.2. The Labute approximate surface area is 246 Å². The molecule has 0 bridgehead atoms. The number of anilines is 1. The van der Waals surface area contributed by atoms with Crippen molar-refractivity contribution < 1.29 is 28.6 Å². The van der Waals surface area contributed by atoms with Crippen LogP contribution in [0.15, 0.2) is 50.4 Å². The van der Waals surface area contributed by atoms with Gasteiger partial charge in [0.1, 0.15) is 21.7 Å². The van der Waals surface area contributed by atoms with Gasteiger partial charge in [-0.3, -0.25) is 4.79 Å². The topological polar surface area (TPSA) is 94.2 Å². The lowest BCUT2D eigenvalue weighted by Gasteiger charge is -2.53. The molecule has 1 unspecified atom stereocenters. The largest absolute Gasteiger partial charge is 0.494 e. The van der Waals surface area contributed by atoms with Crippen molar-refractivity contribution >= 4 is 69.7 Å². The van der Waals surface area contributed by atoms with Gasteiger partial charge in [-0.25, -0.2) is 9.59 Å². The first-order valence-corrected chi connectivity index (χ1v) is 14.6. The normalized spacial score (nSPS) is 19.4. The zero-order valence-corrected chi connectivity index (χ0v) is 25.3. The number of ether oxygens (including phenoxy) is 3. The van der Waals surface area contributed by atoms with E-state index in [4.69, 9.17) is 26.4 Å². The average molecular weight is 597 g/mol. The number of nitrogens with one attached hydrogen (secondary N) is 1. The standard InChI is InChI=1S/C29H28N2O6S3/c1-7-37-16-12-17-19(28-39-21(26(33)35-5)22(40-28)27(34)36-6)23(38)29(3,4)31-20(17)18(13-16)25(32)30-24(31)15-10-8-14(2)9-11-15/h8-13,24H,7H2,1-6H3,(H,30,32). The summed E-state index contributed by atoms with van der Waals surface area (Å²) in [4.78, 5) is 41.9. The number of nitrogens with zero attached hydrogens (tertiary/aromatic N) is 1. The Bertz CT molecular complexity index is 1500. The molecule has 208 valence electrons. The predicted molar refractivity (Wildman–Crippen MR) is 161 cm³/mol. The molecule has 3 heterocycles. The molecule has 1 N–H and O–H groups in total. The van der Waals surface area contributed by atoms with Gasteiger partial charge in [0.15, 0.2) is 0 Å². The van der Waals surface area contributed by atoms with E-state index in [0.29, 0.717) is 43.8 Å². The molecule has 11 heteroatoms. The van der Waals surface area contributed by atoms with Crippen LogP contribution >= 0.6 is 35.7 Å². The van der Waals surface area contributed by atoms with E-state index in [1.54, 1.807) is 6.07 Å². The highest BCUT2D eigenvalue weighted by Crippen LogP contribution is 2.58. The Morgan fingerprint density at radius 1 is 1.02 bits per heavy atom. The first kappa shape index (κ1) is 28.3. The Balaban J connectivity index is 1.77. The second-order valence-corrected chi connectivity index (χ2v) is 12.6. The fourth-order valence-corrected chi connectivity index (χ4v) is 8.10. The van der Waals surface area contributed by atoms with Crippen LogP contribution in [0.3, 0.4) is 0 Å². The fourth-order valence-electron chi connectivity index (χ4n) is 5.06. The molecule has 0 fully saturated rings. The zero-order chi connectivity index (χ0) is 28.9. The van der Waals surface area contributed by atoms with Crippen molar-refractivity contribution in [1.29, 1.82) is 0 Å². The number of carbonyl (C=O) groups excluding carboxylic acids is 3. The van der Waals surface area contributed by atoms with Crippen LogP contribution < -0.4 is 15.0 Å². The maximum atomic E-state index is 13.6. The van der Waals surface area contributed by atoms with Gasteiger partial charge in [0.05, 0.1) is 41.9 Å². The Morgan fingerprint density at radius 3 is 2.15 bits per heavy atom. The highest BCUT2D eigenvalue weighted by Gasteiger charge is 2.50. The van der Waals surface area contributed by atoms with E-state index >= 15 is 0 Å². The second-order valence-electron chi connectivity index (χ2n) is 9.85. The number of thioether (sulfide) groups is 2. The molecule has 0 aliphatic carbocycles. The fraction of sp³-hybridized carbons (Fsp3) is 0.310. The number of amides is 1. The summed E-state index contributed by atoms with van der Waals surface area (Å²) in [6.07, 6.45) is -0.477. The number of hydrogen-bond acceptors (Lipinski definition) is 10. The minimum absolute atomic E-state index is 0.134. The third kappa shape index (κ3) is 4.49. The summed E-state index contributed by atoms with van der Waals surface area (Å²) in [6, 6.07) is 11.7. The molecule has 0 aromatic heterocycles. The van der Waals surface area contributed by atoms with Crippen LogP contribution in [0.1, 0.15) is 54.0 Å². The van der Waals surface area contributed by atoms with E-state index in [9.17, 15) is 14.4 Å². The van der Waals surface area contributed by atoms with Gasteiger partial charge in [-0.15, -0.1) is 0 Å². The molecule has 2 aromatic rings. The van der Waals surface area contributed by atoms with Crippen molar-refractivity contribution in [3.05, 3.63) is 72.7 Å². The van der Waals surface area contributed by atoms with Gasteiger partial charge in [-0.05, 0) is 45.4 Å². The van der Waals surface area contributed by atoms with Crippen LogP contribution in [0.5, 0.6) is 5.75 Å². The maximum Gasteiger partial charge on any atom is 0.346 e. The van der Waals surface area contributed by atoms with E-state index in [1.807, 2.05) is 58.0 Å². The van der Waals surface area contributed by atoms with E-state index in [2.05, 4.69) is 10.2 Å². The minimum Gasteiger partial charge on any atom is -0.494 e. The van der Waals surface area contributed by atoms with E-state index in [1.165, 1.54) is 14.2 Å². The van der Waals surface area contributed by atoms with Gasteiger partial charge in [-0.1, -0.05) is 65.6 Å². The molecule has 3 aliphatic rings. The zero-order valence-electron chi connectivity index (χ0n) is 22.9. The van der Waals surface area contributed by atoms with Crippen molar-refractivity contribution in [3.8, 4) is 5.75 Å². The molecule has 1 amide bonds. The molecule has 1 atom stereocenters. The number of aryl methyl sites for hydroxylation is 1. The monoisotopic (exact) mass is 596 g/mol. The summed E-state index contributed by atoms with van der Waals surface area (Å²) in [6.45, 7) is 8.31. The summed E-state index contributed by atoms with van der Waals surface area (Å²) in [7, 11) is 2.52. The first-order valence-electron chi connectivity index (χ1n) is 12.6. The lowest BCUT2D eigenvalue weighted by molar-refractivity contribution is -0.138. The molecule has 5 rings (SSSR count). The van der Waals surface area contributed by atoms with E-state index in [0.717, 1.165) is 34.7 Å². The molecular formula is C29H28N2O6S3. The molecule has 0 saturated carbocycles. The van der Waals surface area contributed by atoms with Gasteiger partial charge in [0.25, 0.3) is 5.91 Å². The summed E-state index contributed by atoms with van der Waals surface area (Å²) >= 11 is 8.42. The lowest BCUT2D eigenvalue weighted by Crippen LogP contribution is -2.61. The van der Waals surface area contributed by atoms with Crippen LogP contribution in [0, 0.1) is 6.92 Å². The van der Waals surface area contributed by atoms with Crippen LogP contribution in [0.4, 0.5) is 5.69 Å². The van der Waals surface area contributed by atoms with Crippen molar-refractivity contribution in [3.63, 3.8) is 0 Å². The first-order chi connectivity index (χ1) is 19.0. The second kappa shape index (κ2) is 10.6. The third-order valence-corrected chi connectivity index (χ3v) is 10.3. The van der Waals surface area contributed by atoms with Crippen molar-refractivity contribution in [2.75, 3.05) is 25.7 Å². The SMILES string of the molecule is CCOc1cc2c3c(c1)C(=C1SC(C(=O)OC)=C(C(=O)OC)S1)C(=S)C(C)(C)N3C(c1ccc(C)cc1)NC2=O. The third-order valence-electron chi connectivity index (χ3n) is 6.99. The molecule has 0 spiro atoms. The number of hydrogen-bond donors (Lipinski definition) is 1. The summed E-state index contributed by atoms with van der Waals surface area (Å²) in [5.41, 5.74) is 3.81. The molecule has 8 nitrogen and oxygen atoms in total. The lowest BCUT2D eigenvalue weighted by atomic mass is 9.79. The number of benzene rings is 2. The van der Waals surface area contributed by atoms with Gasteiger partial charge < -0.3 is 24.4 Å². The van der Waals surface area contributed by atoms with Crippen molar-refractivity contribution in [2.24, 2.45) is 0 Å². The number of esters is 2. The number of carbonyl (C=O) groups is 3. The Kier molecular flexibility index (Phi) is 7.49. The van der Waals surface area contributed by atoms with Gasteiger partial charge >= 0.3 is 11.9 Å². The minimum atomic E-state index is -0.754. The van der Waals surface area contributed by atoms with Gasteiger partial charge in [-0.2, -0.15) is 0 Å². The van der Waals surface area contributed by atoms with Crippen molar-refractivity contribution in [1.82, 2.24) is 5.32 Å². The van der Waals surface area contributed by atoms with E-state index in [-0.39, 0.29) is 15.7 Å². The maximum absolute atomic E-state index is 13.6. The van der Waals surface area contributed by atoms with Crippen LogP contribution in [0.2, 0.25) is 0 Å². The molecule has 2 aromatic carbocycles. The smallest absolute Gasteiger partial charge is 0.346 e. The molecular weight excluding hydrogens is 569 g/mol.